The van der Waals surface area contributed by atoms with Gasteiger partial charge in [0.05, 0.1) is 29.7 Å². The maximum Gasteiger partial charge on any atom is 0.347 e. The van der Waals surface area contributed by atoms with Crippen LogP contribution < -0.4 is 31.3 Å². The van der Waals surface area contributed by atoms with Gasteiger partial charge in [-0.2, -0.15) is 0 Å². The van der Waals surface area contributed by atoms with Crippen molar-refractivity contribution in [1.29, 1.82) is 0 Å². The van der Waals surface area contributed by atoms with Crippen molar-refractivity contribution >= 4 is 64.6 Å². The van der Waals surface area contributed by atoms with Gasteiger partial charge in [0.1, 0.15) is 54.2 Å². The van der Waals surface area contributed by atoms with Gasteiger partial charge in [0.25, 0.3) is 0 Å². The van der Waals surface area contributed by atoms with Crippen molar-refractivity contribution in [3.05, 3.63) is 76.3 Å². The summed E-state index contributed by atoms with van der Waals surface area (Å²) in [5.74, 6) is -5.98. The number of cyclic esters (lactones) is 2. The van der Waals surface area contributed by atoms with Crippen molar-refractivity contribution in [3.63, 3.8) is 0 Å². The Hall–Kier alpha value is -6.34. The first kappa shape index (κ1) is 70.4. The summed E-state index contributed by atoms with van der Waals surface area (Å²) in [5.41, 5.74) is 0.903. The fraction of sp³-hybridized carbons (Fsp3) is 0.629. The smallest absolute Gasteiger partial charge is 0.347 e. The molecule has 13 atom stereocenters. The van der Waals surface area contributed by atoms with E-state index in [4.69, 9.17) is 40.0 Å². The molecule has 0 spiro atoms. The number of halogens is 1. The van der Waals surface area contributed by atoms with Gasteiger partial charge in [-0.25, -0.2) is 4.79 Å². The number of carbonyl (C=O) groups is 9. The van der Waals surface area contributed by atoms with Crippen molar-refractivity contribution in [3.8, 4) is 5.75 Å². The molecule has 0 aliphatic carbocycles. The lowest BCUT2D eigenvalue weighted by Gasteiger charge is -2.39. The van der Waals surface area contributed by atoms with Crippen molar-refractivity contribution < 1.29 is 86.9 Å². The predicted octanol–water partition coefficient (Wildman–Crippen LogP) is 3.61. The lowest BCUT2D eigenvalue weighted by atomic mass is 9.85. The van der Waals surface area contributed by atoms with E-state index < -0.39 is 126 Å². The molecule has 23 nitrogen and oxygen atoms in total. The van der Waals surface area contributed by atoms with Crippen LogP contribution in [-0.2, 0) is 79.7 Å². The number of epoxide rings is 1. The monoisotopic (exact) mass is 1230 g/mol. The molecule has 24 heteroatoms. The van der Waals surface area contributed by atoms with Crippen LogP contribution in [0.2, 0.25) is 5.02 Å². The lowest BCUT2D eigenvalue weighted by Crippen LogP contribution is -2.60. The Balaban J connectivity index is 1.28. The van der Waals surface area contributed by atoms with E-state index in [1.54, 1.807) is 52.0 Å². The van der Waals surface area contributed by atoms with E-state index >= 15 is 0 Å². The molecule has 3 aliphatic rings. The number of ether oxygens (including phenoxy) is 6. The number of ketones is 2. The van der Waals surface area contributed by atoms with Crippen LogP contribution in [0.5, 0.6) is 5.75 Å². The zero-order valence-corrected chi connectivity index (χ0v) is 51.6. The summed E-state index contributed by atoms with van der Waals surface area (Å²) >= 11 is 6.39. The molecule has 0 radical (unpaired) electrons. The lowest BCUT2D eigenvalue weighted by molar-refractivity contribution is -0.288. The third-order valence-corrected chi connectivity index (χ3v) is 16.0. The van der Waals surface area contributed by atoms with Crippen molar-refractivity contribution in [1.82, 2.24) is 26.6 Å². The molecule has 2 saturated heterocycles. The van der Waals surface area contributed by atoms with E-state index in [0.717, 1.165) is 11.1 Å². The molecule has 8 N–H and O–H groups in total. The minimum Gasteiger partial charge on any atom is -0.495 e. The summed E-state index contributed by atoms with van der Waals surface area (Å²) in [6.45, 7) is 11.8. The number of aliphatic hydroxyl groups is 3. The molecule has 5 amide bonds. The van der Waals surface area contributed by atoms with Crippen LogP contribution in [0.4, 0.5) is 0 Å². The van der Waals surface area contributed by atoms with E-state index in [1.165, 1.54) is 27.3 Å². The van der Waals surface area contributed by atoms with Gasteiger partial charge < -0.3 is 70.3 Å². The topological polar surface area (TPSA) is 333 Å². The minimum atomic E-state index is -1.61. The van der Waals surface area contributed by atoms with Gasteiger partial charge in [-0.3, -0.25) is 38.4 Å². The first-order valence-corrected chi connectivity index (χ1v) is 29.8. The second-order valence-electron chi connectivity index (χ2n) is 23.8. The molecule has 3 heterocycles. The number of hydrogen-bond donors (Lipinski definition) is 8. The van der Waals surface area contributed by atoms with Crippen LogP contribution in [-0.4, -0.2) is 164 Å². The summed E-state index contributed by atoms with van der Waals surface area (Å²) in [4.78, 5) is 121. The second-order valence-corrected chi connectivity index (χ2v) is 24.2. The van der Waals surface area contributed by atoms with Gasteiger partial charge in [0, 0.05) is 84.0 Å². The van der Waals surface area contributed by atoms with Crippen LogP contribution in [0.25, 0.3) is 0 Å². The highest BCUT2D eigenvalue weighted by Crippen LogP contribution is 2.45. The standard InChI is InChI=1S/C62H88ClN5O18/c1-33(2)27-46-59(79)83-44(13-11-15-50(73)67-41(29-37-20-25-45(81-9)40(63)28-37)58(78)66-32-62(6,7)61(80)85-46)35(5)56-57(86-56)38-21-17-36(18-22-38)19-24-42(69)39(30-43(70)52(34(3)4)68-51(74)16-12-14-48(71)64-8)23-26-49(72)65-31-47-53(75)54(76)55(77)60(82-10)84-47/h11,15,17-18,20-22,25,28,33-35,39,41,44,46-47,52-57,60,75-77H,12-14,16,19,23-24,26-27,29-32H2,1-10H3,(H,64,71)(H,65,72)(H,66,78)(H,67,73)(H,68,74)/b15-11+/t35-,39+,41+,44-,46-,47+,52-,53+,54-,55+,56+,57+,60+/m0/s1. The minimum absolute atomic E-state index is 0.000532. The number of methoxy groups -OCH3 is 2. The molecule has 0 saturated carbocycles. The zero-order chi connectivity index (χ0) is 63.6. The van der Waals surface area contributed by atoms with E-state index in [-0.39, 0.29) is 107 Å². The summed E-state index contributed by atoms with van der Waals surface area (Å²) in [6, 6.07) is 10.4. The highest BCUT2D eigenvalue weighted by molar-refractivity contribution is 6.32. The number of carbonyl (C=O) groups excluding carboxylic acids is 9. The van der Waals surface area contributed by atoms with Crippen LogP contribution >= 0.6 is 11.6 Å². The summed E-state index contributed by atoms with van der Waals surface area (Å²) < 4.78 is 34.1. The third-order valence-electron chi connectivity index (χ3n) is 15.7. The number of benzene rings is 2. The van der Waals surface area contributed by atoms with Crippen LogP contribution in [0.15, 0.2) is 54.6 Å². The Morgan fingerprint density at radius 3 is 2.15 bits per heavy atom. The Bertz CT molecular complexity index is 2700. The number of rotatable bonds is 27. The second kappa shape index (κ2) is 33.1. The number of amides is 5. The van der Waals surface area contributed by atoms with Gasteiger partial charge in [-0.05, 0) is 86.3 Å². The third kappa shape index (κ3) is 20.9. The molecule has 5 rings (SSSR count). The predicted molar refractivity (Wildman–Crippen MR) is 314 cm³/mol. The fourth-order valence-electron chi connectivity index (χ4n) is 10.2. The molecule has 86 heavy (non-hydrogen) atoms. The Kier molecular flexibility index (Phi) is 27.1. The average Bonchev–Trinajstić information content (AvgIpc) is 1.93. The van der Waals surface area contributed by atoms with Crippen molar-refractivity contribution in [2.24, 2.45) is 29.1 Å². The molecule has 0 bridgehead atoms. The van der Waals surface area contributed by atoms with E-state index in [0.29, 0.717) is 16.3 Å². The average molecular weight is 1230 g/mol. The number of aryl methyl sites for hydroxylation is 1. The zero-order valence-electron chi connectivity index (χ0n) is 50.9. The Morgan fingerprint density at radius 2 is 1.51 bits per heavy atom. The molecule has 2 aromatic carbocycles. The summed E-state index contributed by atoms with van der Waals surface area (Å²) in [7, 11) is 4.22. The van der Waals surface area contributed by atoms with E-state index in [9.17, 15) is 58.5 Å². The fourth-order valence-corrected chi connectivity index (χ4v) is 10.5. The molecule has 0 aromatic heterocycles. The molecule has 2 fully saturated rings. The van der Waals surface area contributed by atoms with Gasteiger partial charge >= 0.3 is 11.9 Å². The van der Waals surface area contributed by atoms with Crippen LogP contribution in [0, 0.1) is 29.1 Å². The summed E-state index contributed by atoms with van der Waals surface area (Å²) in [5, 5.41) is 44.7. The molecular weight excluding hydrogens is 1140 g/mol. The Labute approximate surface area is 508 Å². The molecule has 3 aliphatic heterocycles. The van der Waals surface area contributed by atoms with Gasteiger partial charge in [-0.1, -0.05) is 82.6 Å². The number of Topliss-reactive ketones (excluding diaryl/α,β-unsaturated/α-hetero) is 2. The van der Waals surface area contributed by atoms with Gasteiger partial charge in [0.2, 0.25) is 29.5 Å². The first-order chi connectivity index (χ1) is 40.7. The van der Waals surface area contributed by atoms with Crippen LogP contribution in [0.3, 0.4) is 0 Å². The quantitative estimate of drug-likeness (QED) is 0.0468. The highest BCUT2D eigenvalue weighted by Gasteiger charge is 2.48. The molecule has 0 unspecified atom stereocenters. The van der Waals surface area contributed by atoms with Crippen molar-refractivity contribution in [2.45, 2.75) is 186 Å². The van der Waals surface area contributed by atoms with E-state index in [2.05, 4.69) is 26.6 Å². The van der Waals surface area contributed by atoms with E-state index in [1.807, 2.05) is 45.0 Å². The molecule has 2 aromatic rings. The first-order valence-electron chi connectivity index (χ1n) is 29.4. The van der Waals surface area contributed by atoms with Crippen molar-refractivity contribution in [2.75, 3.05) is 34.4 Å². The maximum atomic E-state index is 14.2. The van der Waals surface area contributed by atoms with Gasteiger partial charge in [0.15, 0.2) is 18.2 Å². The Morgan fingerprint density at radius 1 is 0.826 bits per heavy atom. The normalized spacial score (nSPS) is 26.0. The number of esters is 2. The molecular formula is C62H88ClN5O18. The largest absolute Gasteiger partial charge is 0.495 e. The summed E-state index contributed by atoms with van der Waals surface area (Å²) in [6.07, 6.45) is -6.94. The van der Waals surface area contributed by atoms with Gasteiger partial charge in [-0.15, -0.1) is 0 Å². The maximum absolute atomic E-state index is 14.2. The number of aliphatic hydroxyl groups excluding tert-OH is 3. The highest BCUT2D eigenvalue weighted by atomic mass is 35.5. The number of hydrogen-bond acceptors (Lipinski definition) is 18. The van der Waals surface area contributed by atoms with Crippen LogP contribution in [0.1, 0.15) is 129 Å². The SMILES string of the molecule is CNC(=O)CCCC(=O)N[C@H](C(=O)C[C@@H](CCC(=O)NC[C@H]1O[C@@H](OC)[C@H](O)[C@@H](O)[C@@H]1O)C(=O)CCc1ccc([C@H]2O[C@@H]2[C@@H](C)[C@@H]2C/C=C/C(=O)N[C@H](Cc3ccc(OC)c(Cl)c3)C(=O)NCC(C)(C)C(=O)O[C@@H](CC(C)C)C(=O)O2)cc1)C(C)C. The molecule has 476 valence electrons. The number of nitrogens with one attached hydrogen (secondary N) is 5.